The van der Waals surface area contributed by atoms with E-state index >= 15 is 0 Å². The summed E-state index contributed by atoms with van der Waals surface area (Å²) >= 11 is 7.64. The summed E-state index contributed by atoms with van der Waals surface area (Å²) in [6, 6.07) is 12.1. The normalized spacial score (nSPS) is 10.4. The monoisotopic (exact) mass is 336 g/mol. The summed E-state index contributed by atoms with van der Waals surface area (Å²) in [4.78, 5) is 9.84. The Morgan fingerprint density at radius 3 is 2.52 bits per heavy atom. The van der Waals surface area contributed by atoms with Gasteiger partial charge in [-0.1, -0.05) is 29.4 Å². The lowest BCUT2D eigenvalue weighted by atomic mass is 10.1. The molecule has 0 aliphatic heterocycles. The minimum Gasteiger partial charge on any atom is -0.236 e. The second-order valence-corrected chi connectivity index (χ2v) is 6.19. The van der Waals surface area contributed by atoms with Crippen molar-refractivity contribution in [3.63, 3.8) is 0 Å². The Bertz CT molecular complexity index is 790. The van der Waals surface area contributed by atoms with E-state index < -0.39 is 0 Å². The van der Waals surface area contributed by atoms with E-state index in [2.05, 4.69) is 35.9 Å². The maximum absolute atomic E-state index is 6.03. The number of hydrogen-bond acceptors (Lipinski definition) is 3. The van der Waals surface area contributed by atoms with Crippen LogP contribution in [0.15, 0.2) is 52.6 Å². The highest BCUT2D eigenvalue weighted by Gasteiger charge is 2.07. The van der Waals surface area contributed by atoms with Gasteiger partial charge in [-0.2, -0.15) is 0 Å². The number of nitrogens with zero attached hydrogens (tertiary/aromatic N) is 2. The maximum Gasteiger partial charge on any atom is 0.117 e. The molecule has 0 spiro atoms. The third kappa shape index (κ3) is 3.49. The van der Waals surface area contributed by atoms with Crippen LogP contribution in [0.1, 0.15) is 11.1 Å². The molecule has 2 nitrogen and oxygen atoms in total. The highest BCUT2D eigenvalue weighted by molar-refractivity contribution is 7.99. The fraction of sp³-hybridized carbons (Fsp3) is 0.125. The molecule has 0 bridgehead atoms. The van der Waals surface area contributed by atoms with Crippen LogP contribution in [0.3, 0.4) is 0 Å². The van der Waals surface area contributed by atoms with Crippen molar-refractivity contribution in [3.05, 3.63) is 58.9 Å². The number of rotatable bonds is 2. The predicted octanol–water partition coefficient (Wildman–Crippen LogP) is 5.47. The lowest BCUT2D eigenvalue weighted by Gasteiger charge is -2.07. The first-order valence-corrected chi connectivity index (χ1v) is 7.48. The van der Waals surface area contributed by atoms with Crippen LogP contribution in [-0.2, 0) is 0 Å². The summed E-state index contributed by atoms with van der Waals surface area (Å²) in [6.45, 7) is 4.20. The van der Waals surface area contributed by atoms with Crippen molar-refractivity contribution in [3.8, 4) is 0 Å². The zero-order chi connectivity index (χ0) is 14.1. The van der Waals surface area contributed by atoms with Gasteiger partial charge in [-0.25, -0.2) is 9.97 Å². The van der Waals surface area contributed by atoms with E-state index in [4.69, 9.17) is 11.6 Å². The lowest BCUT2D eigenvalue weighted by Crippen LogP contribution is -1.90. The van der Waals surface area contributed by atoms with Crippen molar-refractivity contribution in [1.82, 2.24) is 9.97 Å². The molecule has 0 aliphatic carbocycles. The molecule has 0 fully saturated rings. The van der Waals surface area contributed by atoms with Crippen molar-refractivity contribution in [2.24, 2.45) is 0 Å². The van der Waals surface area contributed by atoms with E-state index in [0.717, 1.165) is 25.8 Å². The molecule has 5 heteroatoms. The van der Waals surface area contributed by atoms with Crippen molar-refractivity contribution >= 4 is 46.7 Å². The molecule has 1 aromatic heterocycles. The Hall–Kier alpha value is -1.29. The van der Waals surface area contributed by atoms with E-state index in [1.807, 2.05) is 24.3 Å². The molecule has 0 radical (unpaired) electrons. The average Bonchev–Trinajstić information content (AvgIpc) is 2.41. The molecule has 2 aromatic carbocycles. The van der Waals surface area contributed by atoms with Gasteiger partial charge in [-0.3, -0.25) is 0 Å². The van der Waals surface area contributed by atoms with Crippen molar-refractivity contribution in [2.75, 3.05) is 0 Å². The van der Waals surface area contributed by atoms with Gasteiger partial charge < -0.3 is 0 Å². The molecule has 0 N–H and O–H groups in total. The third-order valence-corrected chi connectivity index (χ3v) is 4.47. The van der Waals surface area contributed by atoms with Crippen molar-refractivity contribution in [2.45, 2.75) is 23.8 Å². The van der Waals surface area contributed by atoms with Gasteiger partial charge in [0.15, 0.2) is 0 Å². The smallest absolute Gasteiger partial charge is 0.117 e. The Morgan fingerprint density at radius 1 is 1.00 bits per heavy atom. The van der Waals surface area contributed by atoms with Gasteiger partial charge in [0.1, 0.15) is 11.4 Å². The molecule has 0 saturated carbocycles. The SMILES string of the molecule is Cc1cc2ncnc(Sc3cccc(Cl)c3)c2cc1C.Cl. The minimum absolute atomic E-state index is 0. The van der Waals surface area contributed by atoms with Crippen LogP contribution in [0.4, 0.5) is 0 Å². The second kappa shape index (κ2) is 6.65. The van der Waals surface area contributed by atoms with Crippen LogP contribution in [0.2, 0.25) is 5.02 Å². The zero-order valence-electron chi connectivity index (χ0n) is 11.6. The molecule has 0 saturated heterocycles. The van der Waals surface area contributed by atoms with Gasteiger partial charge in [0.25, 0.3) is 0 Å². The fourth-order valence-corrected chi connectivity index (χ4v) is 3.20. The highest BCUT2D eigenvalue weighted by atomic mass is 35.5. The first-order chi connectivity index (χ1) is 9.63. The number of aromatic nitrogens is 2. The van der Waals surface area contributed by atoms with Crippen LogP contribution in [0.25, 0.3) is 10.9 Å². The molecule has 3 rings (SSSR count). The Balaban J connectivity index is 0.00000161. The van der Waals surface area contributed by atoms with Crippen LogP contribution < -0.4 is 0 Å². The van der Waals surface area contributed by atoms with Crippen molar-refractivity contribution < 1.29 is 0 Å². The second-order valence-electron chi connectivity index (χ2n) is 4.69. The van der Waals surface area contributed by atoms with Gasteiger partial charge in [0.2, 0.25) is 0 Å². The molecule has 1 heterocycles. The van der Waals surface area contributed by atoms with Crippen LogP contribution in [0, 0.1) is 13.8 Å². The molecular weight excluding hydrogens is 323 g/mol. The topological polar surface area (TPSA) is 25.8 Å². The van der Waals surface area contributed by atoms with Gasteiger partial charge in [0.05, 0.1) is 5.52 Å². The van der Waals surface area contributed by atoms with E-state index in [1.54, 1.807) is 18.1 Å². The molecule has 0 unspecified atom stereocenters. The summed E-state index contributed by atoms with van der Waals surface area (Å²) in [7, 11) is 0. The highest BCUT2D eigenvalue weighted by Crippen LogP contribution is 2.33. The van der Waals surface area contributed by atoms with Gasteiger partial charge in [-0.15, -0.1) is 12.4 Å². The molecule has 0 amide bonds. The van der Waals surface area contributed by atoms with Crippen LogP contribution in [0.5, 0.6) is 0 Å². The first kappa shape index (κ1) is 16.1. The molecule has 0 aliphatic rings. The summed E-state index contributed by atoms with van der Waals surface area (Å²) in [5.74, 6) is 0. The third-order valence-electron chi connectivity index (χ3n) is 3.22. The van der Waals surface area contributed by atoms with E-state index in [0.29, 0.717) is 0 Å². The number of hydrogen-bond donors (Lipinski definition) is 0. The van der Waals surface area contributed by atoms with E-state index in [1.165, 1.54) is 11.1 Å². The summed E-state index contributed by atoms with van der Waals surface area (Å²) in [5.41, 5.74) is 3.47. The van der Waals surface area contributed by atoms with Crippen molar-refractivity contribution in [1.29, 1.82) is 0 Å². The Labute approximate surface area is 139 Å². The zero-order valence-corrected chi connectivity index (χ0v) is 14.0. The number of benzene rings is 2. The quantitative estimate of drug-likeness (QED) is 0.580. The Morgan fingerprint density at radius 2 is 1.76 bits per heavy atom. The first-order valence-electron chi connectivity index (χ1n) is 6.29. The summed E-state index contributed by atoms with van der Waals surface area (Å²) in [5, 5.41) is 2.78. The minimum atomic E-state index is 0. The van der Waals surface area contributed by atoms with Gasteiger partial charge in [-0.05, 0) is 55.3 Å². The number of fused-ring (bicyclic) bond motifs is 1. The largest absolute Gasteiger partial charge is 0.236 e. The summed E-state index contributed by atoms with van der Waals surface area (Å²) < 4.78 is 0. The van der Waals surface area contributed by atoms with Crippen LogP contribution in [-0.4, -0.2) is 9.97 Å². The van der Waals surface area contributed by atoms with E-state index in [-0.39, 0.29) is 12.4 Å². The average molecular weight is 337 g/mol. The molecule has 108 valence electrons. The molecular formula is C16H14Cl2N2S. The fourth-order valence-electron chi connectivity index (χ4n) is 2.02. The maximum atomic E-state index is 6.03. The molecule has 21 heavy (non-hydrogen) atoms. The molecule has 0 atom stereocenters. The van der Waals surface area contributed by atoms with E-state index in [9.17, 15) is 0 Å². The Kier molecular flexibility index (Phi) is 5.09. The standard InChI is InChI=1S/C16H13ClN2S.ClH/c1-10-6-14-15(7-11(10)2)18-9-19-16(14)20-13-5-3-4-12(17)8-13;/h3-9H,1-2H3;1H. The number of aryl methyl sites for hydroxylation is 2. The predicted molar refractivity (Wildman–Crippen MR) is 91.8 cm³/mol. The summed E-state index contributed by atoms with van der Waals surface area (Å²) in [6.07, 6.45) is 1.62. The van der Waals surface area contributed by atoms with Gasteiger partial charge in [0, 0.05) is 15.3 Å². The van der Waals surface area contributed by atoms with Gasteiger partial charge >= 0.3 is 0 Å². The lowest BCUT2D eigenvalue weighted by molar-refractivity contribution is 1.09. The molecule has 3 aromatic rings. The number of halogens is 2. The van der Waals surface area contributed by atoms with Crippen LogP contribution >= 0.6 is 35.8 Å².